The molecule has 8 heteroatoms. The molecule has 5 nitrogen and oxygen atoms in total. The van der Waals surface area contributed by atoms with Gasteiger partial charge in [0, 0.05) is 18.8 Å². The Bertz CT molecular complexity index is 958. The molecule has 2 aromatic carbocycles. The van der Waals surface area contributed by atoms with Crippen LogP contribution in [0.2, 0.25) is 10.0 Å². The second kappa shape index (κ2) is 8.31. The Kier molecular flexibility index (Phi) is 6.09. The van der Waals surface area contributed by atoms with Crippen LogP contribution in [0.4, 0.5) is 16.5 Å². The van der Waals surface area contributed by atoms with Gasteiger partial charge in [0.05, 0.1) is 32.6 Å². The number of azo groups is 1. The predicted octanol–water partition coefficient (Wildman–Crippen LogP) is 6.15. The Balaban J connectivity index is 1.85. The molecule has 0 aliphatic heterocycles. The molecule has 3 rings (SSSR count). The molecule has 0 saturated carbocycles. The first-order chi connectivity index (χ1) is 12.5. The zero-order chi connectivity index (χ0) is 18.7. The monoisotopic (exact) mass is 408 g/mol. The van der Waals surface area contributed by atoms with Crippen molar-refractivity contribution in [1.82, 2.24) is 4.98 Å². The number of hydrogen-bond acceptors (Lipinski definition) is 6. The number of hydrogen-bond donors (Lipinski definition) is 1. The average molecular weight is 409 g/mol. The summed E-state index contributed by atoms with van der Waals surface area (Å²) in [6.07, 6.45) is 0. The number of aryl methyl sites for hydroxylation is 1. The third kappa shape index (κ3) is 3.99. The van der Waals surface area contributed by atoms with Gasteiger partial charge in [0.2, 0.25) is 5.13 Å². The van der Waals surface area contributed by atoms with Crippen LogP contribution in [0.25, 0.3) is 10.2 Å². The first-order valence-corrected chi connectivity index (χ1v) is 9.73. The summed E-state index contributed by atoms with van der Waals surface area (Å²) in [6.45, 7) is 5.60. The Hall–Kier alpha value is -1.73. The molecular formula is C18H18Cl2N4OS. The molecule has 1 N–H and O–H groups in total. The molecule has 0 spiro atoms. The maximum Gasteiger partial charge on any atom is 0.231 e. The Morgan fingerprint density at radius 1 is 1.19 bits per heavy atom. The summed E-state index contributed by atoms with van der Waals surface area (Å²) in [5.41, 5.74) is 3.59. The SMILES string of the molecule is CCN(CCO)c1ccc(N=Nc2nc3ccc(Cl)c(Cl)c3s2)c(C)c1. The number of aliphatic hydroxyl groups is 1. The maximum absolute atomic E-state index is 9.16. The molecule has 0 bridgehead atoms. The largest absolute Gasteiger partial charge is 0.395 e. The first-order valence-electron chi connectivity index (χ1n) is 8.16. The second-order valence-corrected chi connectivity index (χ2v) is 7.44. The second-order valence-electron chi connectivity index (χ2n) is 5.68. The third-order valence-corrected chi connectivity index (χ3v) is 5.87. The van der Waals surface area contributed by atoms with Crippen molar-refractivity contribution in [1.29, 1.82) is 0 Å². The minimum absolute atomic E-state index is 0.124. The normalized spacial score (nSPS) is 11.6. The summed E-state index contributed by atoms with van der Waals surface area (Å²) in [6, 6.07) is 9.49. The van der Waals surface area contributed by atoms with Crippen molar-refractivity contribution in [3.8, 4) is 0 Å². The van der Waals surface area contributed by atoms with E-state index in [9.17, 15) is 0 Å². The standard InChI is InChI=1S/C18H18Cl2N4OS/c1-3-24(8-9-25)12-4-6-14(11(2)10-12)22-23-18-21-15-7-5-13(19)16(20)17(15)26-18/h4-7,10,25H,3,8-9H2,1-2H3. The Labute approximate surface area is 165 Å². The quantitative estimate of drug-likeness (QED) is 0.497. The van der Waals surface area contributed by atoms with Crippen LogP contribution in [0.1, 0.15) is 12.5 Å². The molecule has 3 aromatic rings. The van der Waals surface area contributed by atoms with Crippen molar-refractivity contribution in [2.24, 2.45) is 10.2 Å². The lowest BCUT2D eigenvalue weighted by Crippen LogP contribution is -2.26. The number of nitrogens with zero attached hydrogens (tertiary/aromatic N) is 4. The smallest absolute Gasteiger partial charge is 0.231 e. The number of aliphatic hydroxyl groups excluding tert-OH is 1. The predicted molar refractivity (Wildman–Crippen MR) is 110 cm³/mol. The van der Waals surface area contributed by atoms with E-state index >= 15 is 0 Å². The number of aromatic nitrogens is 1. The molecule has 0 aliphatic rings. The van der Waals surface area contributed by atoms with Crippen molar-refractivity contribution < 1.29 is 5.11 Å². The van der Waals surface area contributed by atoms with Crippen molar-refractivity contribution in [2.45, 2.75) is 13.8 Å². The fourth-order valence-electron chi connectivity index (χ4n) is 2.60. The van der Waals surface area contributed by atoms with Crippen LogP contribution in [0, 0.1) is 6.92 Å². The van der Waals surface area contributed by atoms with Gasteiger partial charge in [0.15, 0.2) is 0 Å². The molecule has 26 heavy (non-hydrogen) atoms. The van der Waals surface area contributed by atoms with Gasteiger partial charge in [0.1, 0.15) is 0 Å². The van der Waals surface area contributed by atoms with E-state index in [-0.39, 0.29) is 6.61 Å². The molecule has 0 saturated heterocycles. The van der Waals surface area contributed by atoms with E-state index in [0.717, 1.165) is 33.7 Å². The third-order valence-electron chi connectivity index (χ3n) is 3.98. The molecule has 0 aliphatic carbocycles. The van der Waals surface area contributed by atoms with E-state index in [4.69, 9.17) is 28.3 Å². The van der Waals surface area contributed by atoms with E-state index < -0.39 is 0 Å². The van der Waals surface area contributed by atoms with Gasteiger partial charge >= 0.3 is 0 Å². The van der Waals surface area contributed by atoms with E-state index in [1.54, 1.807) is 6.07 Å². The first kappa shape index (κ1) is 19.0. The number of halogens is 2. The van der Waals surface area contributed by atoms with Crippen LogP contribution in [0.15, 0.2) is 40.6 Å². The lowest BCUT2D eigenvalue weighted by atomic mass is 10.1. The molecule has 0 unspecified atom stereocenters. The molecule has 0 fully saturated rings. The van der Waals surface area contributed by atoms with Crippen LogP contribution in [0.3, 0.4) is 0 Å². The highest BCUT2D eigenvalue weighted by Gasteiger charge is 2.10. The zero-order valence-electron chi connectivity index (χ0n) is 14.4. The lowest BCUT2D eigenvalue weighted by molar-refractivity contribution is 0.302. The van der Waals surface area contributed by atoms with E-state index in [1.165, 1.54) is 11.3 Å². The highest BCUT2D eigenvalue weighted by molar-refractivity contribution is 7.22. The van der Waals surface area contributed by atoms with Crippen LogP contribution >= 0.6 is 34.5 Å². The summed E-state index contributed by atoms with van der Waals surface area (Å²) in [5.74, 6) is 0. The topological polar surface area (TPSA) is 61.1 Å². The number of benzene rings is 2. The number of likely N-dealkylation sites (N-methyl/N-ethyl adjacent to an activating group) is 1. The summed E-state index contributed by atoms with van der Waals surface area (Å²) in [4.78, 5) is 6.53. The van der Waals surface area contributed by atoms with Crippen LogP contribution in [-0.4, -0.2) is 29.8 Å². The van der Waals surface area contributed by atoms with E-state index in [2.05, 4.69) is 27.0 Å². The molecule has 136 valence electrons. The minimum Gasteiger partial charge on any atom is -0.395 e. The molecule has 1 heterocycles. The van der Waals surface area contributed by atoms with E-state index in [0.29, 0.717) is 21.7 Å². The Morgan fingerprint density at radius 3 is 2.69 bits per heavy atom. The lowest BCUT2D eigenvalue weighted by Gasteiger charge is -2.22. The fraction of sp³-hybridized carbons (Fsp3) is 0.278. The van der Waals surface area contributed by atoms with Crippen LogP contribution < -0.4 is 4.90 Å². The number of anilines is 1. The Morgan fingerprint density at radius 2 is 2.00 bits per heavy atom. The number of fused-ring (bicyclic) bond motifs is 1. The van der Waals surface area contributed by atoms with Gasteiger partial charge in [-0.25, -0.2) is 4.98 Å². The number of rotatable bonds is 6. The molecule has 0 amide bonds. The number of thiazole rings is 1. The van der Waals surface area contributed by atoms with Gasteiger partial charge < -0.3 is 10.0 Å². The summed E-state index contributed by atoms with van der Waals surface area (Å²) < 4.78 is 0.808. The molecule has 1 aromatic heterocycles. The molecule has 0 atom stereocenters. The van der Waals surface area contributed by atoms with Gasteiger partial charge in [-0.3, -0.25) is 0 Å². The molecular weight excluding hydrogens is 391 g/mol. The van der Waals surface area contributed by atoms with Gasteiger partial charge in [-0.1, -0.05) is 34.5 Å². The summed E-state index contributed by atoms with van der Waals surface area (Å²) in [7, 11) is 0. The highest BCUT2D eigenvalue weighted by atomic mass is 35.5. The van der Waals surface area contributed by atoms with Gasteiger partial charge in [-0.05, 0) is 49.7 Å². The molecule has 0 radical (unpaired) electrons. The fourth-order valence-corrected chi connectivity index (χ4v) is 3.92. The minimum atomic E-state index is 0.124. The van der Waals surface area contributed by atoms with Crippen LogP contribution in [0.5, 0.6) is 0 Å². The van der Waals surface area contributed by atoms with Gasteiger partial charge in [-0.2, -0.15) is 0 Å². The van der Waals surface area contributed by atoms with Crippen molar-refractivity contribution >= 4 is 61.3 Å². The summed E-state index contributed by atoms with van der Waals surface area (Å²) >= 11 is 13.6. The summed E-state index contributed by atoms with van der Waals surface area (Å²) in [5, 5.41) is 19.3. The zero-order valence-corrected chi connectivity index (χ0v) is 16.7. The van der Waals surface area contributed by atoms with E-state index in [1.807, 2.05) is 31.2 Å². The van der Waals surface area contributed by atoms with Gasteiger partial charge in [0.25, 0.3) is 0 Å². The maximum atomic E-state index is 9.16. The van der Waals surface area contributed by atoms with Crippen molar-refractivity contribution in [2.75, 3.05) is 24.6 Å². The van der Waals surface area contributed by atoms with Crippen LogP contribution in [-0.2, 0) is 0 Å². The highest BCUT2D eigenvalue weighted by Crippen LogP contribution is 2.38. The average Bonchev–Trinajstić information content (AvgIpc) is 3.06. The van der Waals surface area contributed by atoms with Gasteiger partial charge in [-0.15, -0.1) is 10.2 Å². The van der Waals surface area contributed by atoms with Crippen molar-refractivity contribution in [3.05, 3.63) is 45.9 Å². The van der Waals surface area contributed by atoms with Crippen molar-refractivity contribution in [3.63, 3.8) is 0 Å².